The largest absolute Gasteiger partial charge is 0.457 e. The van der Waals surface area contributed by atoms with Crippen molar-refractivity contribution in [3.8, 4) is 0 Å². The molecule has 1 rings (SSSR count). The summed E-state index contributed by atoms with van der Waals surface area (Å²) in [6.45, 7) is 1.40. The van der Waals surface area contributed by atoms with Gasteiger partial charge in [0.1, 0.15) is 12.2 Å². The second kappa shape index (κ2) is 5.41. The van der Waals surface area contributed by atoms with Crippen molar-refractivity contribution in [2.24, 2.45) is 0 Å². The standard InChI is InChI=1S/C9H16O6/c1-5(10)15-6-4-14-9(11)8(13-3)7(6)12-2/h6-9,11H,4H2,1-3H3. The van der Waals surface area contributed by atoms with Crippen LogP contribution in [0.4, 0.5) is 0 Å². The van der Waals surface area contributed by atoms with E-state index in [0.29, 0.717) is 0 Å². The van der Waals surface area contributed by atoms with Crippen LogP contribution in [0.3, 0.4) is 0 Å². The lowest BCUT2D eigenvalue weighted by Gasteiger charge is -2.38. The SMILES string of the molecule is COC1C(O)OCC(OC(C)=O)C1OC. The molecule has 0 radical (unpaired) electrons. The Morgan fingerprint density at radius 2 is 1.93 bits per heavy atom. The van der Waals surface area contributed by atoms with Crippen LogP contribution in [-0.2, 0) is 23.7 Å². The Hall–Kier alpha value is -0.690. The number of carbonyl (C=O) groups is 1. The summed E-state index contributed by atoms with van der Waals surface area (Å²) in [7, 11) is 2.89. The van der Waals surface area contributed by atoms with Gasteiger partial charge in [-0.15, -0.1) is 0 Å². The van der Waals surface area contributed by atoms with Crippen LogP contribution < -0.4 is 0 Å². The van der Waals surface area contributed by atoms with Crippen LogP contribution in [0.15, 0.2) is 0 Å². The third kappa shape index (κ3) is 2.88. The molecule has 6 heteroatoms. The molecule has 0 aromatic heterocycles. The molecule has 0 spiro atoms. The molecule has 1 heterocycles. The number of rotatable bonds is 3. The zero-order valence-corrected chi connectivity index (χ0v) is 9.00. The highest BCUT2D eigenvalue weighted by Crippen LogP contribution is 2.21. The molecule has 0 bridgehead atoms. The second-order valence-corrected chi connectivity index (χ2v) is 3.27. The summed E-state index contributed by atoms with van der Waals surface area (Å²) in [6, 6.07) is 0. The van der Waals surface area contributed by atoms with Crippen molar-refractivity contribution >= 4 is 5.97 Å². The average Bonchev–Trinajstić information content (AvgIpc) is 2.19. The third-order valence-electron chi connectivity index (χ3n) is 2.26. The van der Waals surface area contributed by atoms with Crippen LogP contribution in [0.2, 0.25) is 0 Å². The van der Waals surface area contributed by atoms with E-state index in [4.69, 9.17) is 18.9 Å². The van der Waals surface area contributed by atoms with Gasteiger partial charge in [0.15, 0.2) is 12.4 Å². The van der Waals surface area contributed by atoms with Gasteiger partial charge in [-0.3, -0.25) is 4.79 Å². The van der Waals surface area contributed by atoms with Crippen molar-refractivity contribution in [2.45, 2.75) is 31.5 Å². The van der Waals surface area contributed by atoms with Gasteiger partial charge in [-0.2, -0.15) is 0 Å². The van der Waals surface area contributed by atoms with Crippen molar-refractivity contribution in [2.75, 3.05) is 20.8 Å². The van der Waals surface area contributed by atoms with E-state index < -0.39 is 30.6 Å². The number of methoxy groups -OCH3 is 2. The lowest BCUT2D eigenvalue weighted by Crippen LogP contribution is -2.55. The molecule has 0 saturated carbocycles. The molecule has 4 unspecified atom stereocenters. The second-order valence-electron chi connectivity index (χ2n) is 3.27. The van der Waals surface area contributed by atoms with E-state index in [9.17, 15) is 9.90 Å². The number of hydrogen-bond acceptors (Lipinski definition) is 6. The highest BCUT2D eigenvalue weighted by atomic mass is 16.7. The predicted octanol–water partition coefficient (Wildman–Crippen LogP) is -0.703. The Morgan fingerprint density at radius 3 is 2.40 bits per heavy atom. The molecule has 88 valence electrons. The van der Waals surface area contributed by atoms with Gasteiger partial charge in [0, 0.05) is 21.1 Å². The number of esters is 1. The number of carbonyl (C=O) groups excluding carboxylic acids is 1. The molecule has 1 fully saturated rings. The van der Waals surface area contributed by atoms with Crippen LogP contribution in [0.1, 0.15) is 6.92 Å². The molecule has 1 aliphatic rings. The molecular weight excluding hydrogens is 204 g/mol. The van der Waals surface area contributed by atoms with E-state index in [1.54, 1.807) is 0 Å². The van der Waals surface area contributed by atoms with E-state index in [0.717, 1.165) is 0 Å². The topological polar surface area (TPSA) is 74.2 Å². The molecule has 0 aliphatic carbocycles. The molecule has 6 nitrogen and oxygen atoms in total. The Bertz CT molecular complexity index is 219. The predicted molar refractivity (Wildman–Crippen MR) is 49.1 cm³/mol. The van der Waals surface area contributed by atoms with Gasteiger partial charge in [-0.1, -0.05) is 0 Å². The summed E-state index contributed by atoms with van der Waals surface area (Å²) in [5.74, 6) is -0.420. The first-order valence-electron chi connectivity index (χ1n) is 4.62. The fourth-order valence-electron chi connectivity index (χ4n) is 1.61. The Morgan fingerprint density at radius 1 is 1.33 bits per heavy atom. The van der Waals surface area contributed by atoms with Crippen LogP contribution in [0, 0.1) is 0 Å². The smallest absolute Gasteiger partial charge is 0.303 e. The summed E-state index contributed by atoms with van der Waals surface area (Å²) in [5.41, 5.74) is 0. The van der Waals surface area contributed by atoms with Gasteiger partial charge < -0.3 is 24.1 Å². The first-order chi connectivity index (χ1) is 7.10. The van der Waals surface area contributed by atoms with Gasteiger partial charge >= 0.3 is 5.97 Å². The van der Waals surface area contributed by atoms with Crippen LogP contribution in [0.5, 0.6) is 0 Å². The van der Waals surface area contributed by atoms with Crippen molar-refractivity contribution in [1.29, 1.82) is 0 Å². The zero-order valence-electron chi connectivity index (χ0n) is 9.00. The van der Waals surface area contributed by atoms with Gasteiger partial charge in [-0.25, -0.2) is 0 Å². The quantitative estimate of drug-likeness (QED) is 0.634. The molecule has 1 N–H and O–H groups in total. The van der Waals surface area contributed by atoms with E-state index in [-0.39, 0.29) is 6.61 Å². The maximum atomic E-state index is 10.8. The Kier molecular flexibility index (Phi) is 4.46. The summed E-state index contributed by atoms with van der Waals surface area (Å²) in [4.78, 5) is 10.8. The summed E-state index contributed by atoms with van der Waals surface area (Å²) in [6.07, 6.45) is -2.80. The van der Waals surface area contributed by atoms with Gasteiger partial charge in [-0.05, 0) is 0 Å². The Labute approximate surface area is 88.1 Å². The molecule has 15 heavy (non-hydrogen) atoms. The summed E-state index contributed by atoms with van der Waals surface area (Å²) >= 11 is 0. The Balaban J connectivity index is 2.68. The molecule has 1 aliphatic heterocycles. The number of aliphatic hydroxyl groups is 1. The number of aliphatic hydroxyl groups excluding tert-OH is 1. The minimum atomic E-state index is -1.06. The van der Waals surface area contributed by atoms with Gasteiger partial charge in [0.25, 0.3) is 0 Å². The molecule has 1 saturated heterocycles. The molecule has 0 amide bonds. The van der Waals surface area contributed by atoms with Gasteiger partial charge in [0.05, 0.1) is 6.61 Å². The monoisotopic (exact) mass is 220 g/mol. The van der Waals surface area contributed by atoms with Gasteiger partial charge in [0.2, 0.25) is 0 Å². The molecule has 0 aromatic rings. The molecular formula is C9H16O6. The number of ether oxygens (including phenoxy) is 4. The first-order valence-corrected chi connectivity index (χ1v) is 4.62. The third-order valence-corrected chi connectivity index (χ3v) is 2.26. The summed E-state index contributed by atoms with van der Waals surface area (Å²) in [5, 5.41) is 9.45. The fourth-order valence-corrected chi connectivity index (χ4v) is 1.61. The highest BCUT2D eigenvalue weighted by molar-refractivity contribution is 5.66. The first kappa shape index (κ1) is 12.4. The van der Waals surface area contributed by atoms with Crippen LogP contribution in [0.25, 0.3) is 0 Å². The minimum Gasteiger partial charge on any atom is -0.457 e. The van der Waals surface area contributed by atoms with E-state index in [2.05, 4.69) is 0 Å². The van der Waals surface area contributed by atoms with Crippen LogP contribution >= 0.6 is 0 Å². The van der Waals surface area contributed by atoms with Crippen molar-refractivity contribution < 1.29 is 28.8 Å². The highest BCUT2D eigenvalue weighted by Gasteiger charge is 2.42. The van der Waals surface area contributed by atoms with Crippen molar-refractivity contribution in [3.63, 3.8) is 0 Å². The fraction of sp³-hybridized carbons (Fsp3) is 0.889. The lowest BCUT2D eigenvalue weighted by molar-refractivity contribution is -0.267. The van der Waals surface area contributed by atoms with Crippen LogP contribution in [-0.4, -0.2) is 56.5 Å². The van der Waals surface area contributed by atoms with E-state index in [1.165, 1.54) is 21.1 Å². The van der Waals surface area contributed by atoms with Crippen molar-refractivity contribution in [1.82, 2.24) is 0 Å². The molecule has 0 aromatic carbocycles. The summed E-state index contributed by atoms with van der Waals surface area (Å²) < 4.78 is 20.2. The lowest BCUT2D eigenvalue weighted by atomic mass is 10.0. The average molecular weight is 220 g/mol. The van der Waals surface area contributed by atoms with E-state index in [1.807, 2.05) is 0 Å². The zero-order chi connectivity index (χ0) is 11.4. The van der Waals surface area contributed by atoms with E-state index >= 15 is 0 Å². The van der Waals surface area contributed by atoms with Crippen molar-refractivity contribution in [3.05, 3.63) is 0 Å². The minimum absolute atomic E-state index is 0.0963. The maximum absolute atomic E-state index is 10.8. The maximum Gasteiger partial charge on any atom is 0.303 e. The number of hydrogen-bond donors (Lipinski definition) is 1. The molecule has 4 atom stereocenters. The normalized spacial score (nSPS) is 36.3.